The number of ether oxygens (including phenoxy) is 1. The summed E-state index contributed by atoms with van der Waals surface area (Å²) < 4.78 is 31.8. The minimum Gasteiger partial charge on any atom is -0.492 e. The van der Waals surface area contributed by atoms with Gasteiger partial charge in [-0.15, -0.1) is 0 Å². The number of halogens is 2. The molecule has 0 radical (unpaired) electrons. The Kier molecular flexibility index (Phi) is 3.62. The molecule has 118 valence electrons. The fraction of sp³-hybridized carbons (Fsp3) is 0.500. The number of hydrogen-bond donors (Lipinski definition) is 0. The van der Waals surface area contributed by atoms with Crippen molar-refractivity contribution in [2.75, 3.05) is 19.7 Å². The maximum absolute atomic E-state index is 13.2. The Labute approximate surface area is 127 Å². The zero-order valence-corrected chi connectivity index (χ0v) is 12.3. The van der Waals surface area contributed by atoms with E-state index in [1.165, 1.54) is 11.0 Å². The van der Waals surface area contributed by atoms with E-state index in [1.54, 1.807) is 19.1 Å². The van der Waals surface area contributed by atoms with Gasteiger partial charge < -0.3 is 9.64 Å². The molecule has 0 saturated carbocycles. The lowest BCUT2D eigenvalue weighted by atomic mass is 9.95. The Hall–Kier alpha value is -1.98. The first-order valence-electron chi connectivity index (χ1n) is 7.35. The zero-order chi connectivity index (χ0) is 15.9. The number of fused-ring (bicyclic) bond motifs is 1. The van der Waals surface area contributed by atoms with Crippen LogP contribution in [-0.4, -0.2) is 42.2 Å². The molecule has 2 aliphatic rings. The fourth-order valence-electron chi connectivity index (χ4n) is 2.75. The molecular formula is C16H17F2NO3. The number of piperidine rings is 1. The van der Waals surface area contributed by atoms with Gasteiger partial charge in [0.15, 0.2) is 5.78 Å². The predicted octanol–water partition coefficient (Wildman–Crippen LogP) is 2.77. The minimum atomic E-state index is -2.68. The van der Waals surface area contributed by atoms with E-state index in [9.17, 15) is 18.4 Å². The van der Waals surface area contributed by atoms with Crippen molar-refractivity contribution in [1.29, 1.82) is 0 Å². The lowest BCUT2D eigenvalue weighted by Gasteiger charge is -2.32. The summed E-state index contributed by atoms with van der Waals surface area (Å²) in [7, 11) is 0. The van der Waals surface area contributed by atoms with E-state index in [2.05, 4.69) is 0 Å². The molecule has 2 heterocycles. The molecule has 1 unspecified atom stereocenters. The van der Waals surface area contributed by atoms with Gasteiger partial charge in [0.05, 0.1) is 18.1 Å². The van der Waals surface area contributed by atoms with Crippen LogP contribution in [0, 0.1) is 5.92 Å². The molecule has 1 aromatic rings. The molecule has 1 amide bonds. The average Bonchev–Trinajstić information content (AvgIpc) is 2.50. The highest BCUT2D eigenvalue weighted by Gasteiger charge is 2.36. The Bertz CT molecular complexity index is 620. The average molecular weight is 309 g/mol. The monoisotopic (exact) mass is 309 g/mol. The van der Waals surface area contributed by atoms with Gasteiger partial charge in [0.25, 0.3) is 11.8 Å². The van der Waals surface area contributed by atoms with Gasteiger partial charge in [-0.3, -0.25) is 9.59 Å². The Morgan fingerprint density at radius 1 is 1.32 bits per heavy atom. The van der Waals surface area contributed by atoms with Crippen LogP contribution >= 0.6 is 0 Å². The van der Waals surface area contributed by atoms with E-state index in [1.807, 2.05) is 0 Å². The van der Waals surface area contributed by atoms with Crippen LogP contribution in [0.1, 0.15) is 40.5 Å². The number of alkyl halides is 2. The number of rotatable bonds is 1. The second kappa shape index (κ2) is 5.34. The maximum atomic E-state index is 13.2. The van der Waals surface area contributed by atoms with Gasteiger partial charge in [-0.1, -0.05) is 6.92 Å². The van der Waals surface area contributed by atoms with E-state index in [-0.39, 0.29) is 43.5 Å². The summed E-state index contributed by atoms with van der Waals surface area (Å²) in [6, 6.07) is 4.68. The molecule has 1 fully saturated rings. The molecule has 6 heteroatoms. The van der Waals surface area contributed by atoms with Crippen LogP contribution in [0.15, 0.2) is 18.2 Å². The van der Waals surface area contributed by atoms with Crippen molar-refractivity contribution in [3.05, 3.63) is 29.3 Å². The first-order valence-corrected chi connectivity index (χ1v) is 7.35. The van der Waals surface area contributed by atoms with E-state index in [4.69, 9.17) is 4.74 Å². The number of hydrogen-bond acceptors (Lipinski definition) is 3. The summed E-state index contributed by atoms with van der Waals surface area (Å²) in [5.74, 6) is -2.78. The molecule has 0 aliphatic carbocycles. The molecule has 4 nitrogen and oxygen atoms in total. The number of nitrogens with zero attached hydrogens (tertiary/aromatic N) is 1. The van der Waals surface area contributed by atoms with Crippen molar-refractivity contribution >= 4 is 11.7 Å². The number of carbonyl (C=O) groups excluding carboxylic acids is 2. The van der Waals surface area contributed by atoms with Gasteiger partial charge in [0.1, 0.15) is 5.75 Å². The molecular weight excluding hydrogens is 292 g/mol. The molecule has 2 aliphatic heterocycles. The SMILES string of the molecule is CC1COc2cc(C(=O)N3CCC(F)(F)CC3)ccc2C1=O. The highest BCUT2D eigenvalue weighted by atomic mass is 19.3. The Balaban J connectivity index is 1.79. The summed E-state index contributed by atoms with van der Waals surface area (Å²) in [5.41, 5.74) is 0.840. The molecule has 0 bridgehead atoms. The van der Waals surface area contributed by atoms with Gasteiger partial charge in [-0.2, -0.15) is 0 Å². The Morgan fingerprint density at radius 2 is 2.00 bits per heavy atom. The standard InChI is InChI=1S/C16H17F2NO3/c1-10-9-22-13-8-11(2-3-12(13)14(10)20)15(21)19-6-4-16(17,18)5-7-19/h2-3,8,10H,4-7,9H2,1H3. The summed E-state index contributed by atoms with van der Waals surface area (Å²) >= 11 is 0. The third kappa shape index (κ3) is 2.69. The number of likely N-dealkylation sites (tertiary alicyclic amines) is 1. The van der Waals surface area contributed by atoms with Crippen LogP contribution in [0.4, 0.5) is 8.78 Å². The van der Waals surface area contributed by atoms with Crippen LogP contribution in [0.25, 0.3) is 0 Å². The van der Waals surface area contributed by atoms with E-state index >= 15 is 0 Å². The predicted molar refractivity (Wildman–Crippen MR) is 75.5 cm³/mol. The van der Waals surface area contributed by atoms with Gasteiger partial charge in [0, 0.05) is 31.5 Å². The van der Waals surface area contributed by atoms with Crippen molar-refractivity contribution in [2.24, 2.45) is 5.92 Å². The quantitative estimate of drug-likeness (QED) is 0.801. The number of benzene rings is 1. The molecule has 0 aromatic heterocycles. The first kappa shape index (κ1) is 14.9. The number of ketones is 1. The minimum absolute atomic E-state index is 0.00198. The summed E-state index contributed by atoms with van der Waals surface area (Å²) in [6.07, 6.45) is -0.619. The molecule has 1 aromatic carbocycles. The lowest BCUT2D eigenvalue weighted by molar-refractivity contribution is -0.0494. The van der Waals surface area contributed by atoms with Crippen molar-refractivity contribution in [2.45, 2.75) is 25.7 Å². The smallest absolute Gasteiger partial charge is 0.253 e. The highest BCUT2D eigenvalue weighted by Crippen LogP contribution is 2.31. The second-order valence-corrected chi connectivity index (χ2v) is 5.94. The van der Waals surface area contributed by atoms with Crippen molar-refractivity contribution in [1.82, 2.24) is 4.90 Å². The highest BCUT2D eigenvalue weighted by molar-refractivity contribution is 6.03. The molecule has 0 N–H and O–H groups in total. The normalized spacial score (nSPS) is 23.7. The van der Waals surface area contributed by atoms with Gasteiger partial charge in [-0.05, 0) is 18.2 Å². The van der Waals surface area contributed by atoms with Crippen LogP contribution < -0.4 is 4.74 Å². The van der Waals surface area contributed by atoms with Gasteiger partial charge in [0.2, 0.25) is 0 Å². The van der Waals surface area contributed by atoms with Crippen molar-refractivity contribution in [3.63, 3.8) is 0 Å². The van der Waals surface area contributed by atoms with Gasteiger partial charge >= 0.3 is 0 Å². The van der Waals surface area contributed by atoms with Crippen LogP contribution in [0.3, 0.4) is 0 Å². The molecule has 1 atom stereocenters. The molecule has 1 saturated heterocycles. The zero-order valence-electron chi connectivity index (χ0n) is 12.3. The summed E-state index contributed by atoms with van der Waals surface area (Å²) in [5, 5.41) is 0. The summed E-state index contributed by atoms with van der Waals surface area (Å²) in [6.45, 7) is 2.16. The van der Waals surface area contributed by atoms with E-state index in [0.29, 0.717) is 23.5 Å². The molecule has 0 spiro atoms. The molecule has 3 rings (SSSR count). The second-order valence-electron chi connectivity index (χ2n) is 5.94. The topological polar surface area (TPSA) is 46.6 Å². The first-order chi connectivity index (χ1) is 10.4. The number of Topliss-reactive ketones (excluding diaryl/α,β-unsaturated/α-hetero) is 1. The van der Waals surface area contributed by atoms with Crippen LogP contribution in [0.2, 0.25) is 0 Å². The maximum Gasteiger partial charge on any atom is 0.253 e. The molecule has 22 heavy (non-hydrogen) atoms. The van der Waals surface area contributed by atoms with Gasteiger partial charge in [-0.25, -0.2) is 8.78 Å². The summed E-state index contributed by atoms with van der Waals surface area (Å²) in [4.78, 5) is 25.8. The lowest BCUT2D eigenvalue weighted by Crippen LogP contribution is -2.42. The van der Waals surface area contributed by atoms with Crippen molar-refractivity contribution < 1.29 is 23.1 Å². The fourth-order valence-corrected chi connectivity index (χ4v) is 2.75. The third-order valence-corrected chi connectivity index (χ3v) is 4.21. The van der Waals surface area contributed by atoms with E-state index < -0.39 is 5.92 Å². The third-order valence-electron chi connectivity index (χ3n) is 4.21. The van der Waals surface area contributed by atoms with Crippen LogP contribution in [0.5, 0.6) is 5.75 Å². The largest absolute Gasteiger partial charge is 0.492 e. The Morgan fingerprint density at radius 3 is 2.68 bits per heavy atom. The van der Waals surface area contributed by atoms with Crippen LogP contribution in [-0.2, 0) is 0 Å². The van der Waals surface area contributed by atoms with Crippen molar-refractivity contribution in [3.8, 4) is 5.75 Å². The number of amides is 1. The van der Waals surface area contributed by atoms with E-state index in [0.717, 1.165) is 0 Å². The number of carbonyl (C=O) groups is 2.